The fourth-order valence-electron chi connectivity index (χ4n) is 2.74. The van der Waals surface area contributed by atoms with Crippen LogP contribution in [0.1, 0.15) is 25.5 Å². The van der Waals surface area contributed by atoms with Crippen molar-refractivity contribution in [1.82, 2.24) is 10.2 Å². The first kappa shape index (κ1) is 19.4. The number of benzene rings is 1. The molecule has 26 heavy (non-hydrogen) atoms. The molecular weight excluding hydrogens is 342 g/mol. The summed E-state index contributed by atoms with van der Waals surface area (Å²) in [7, 11) is 1.52. The Balaban J connectivity index is 2.45. The molecule has 1 aliphatic rings. The summed E-state index contributed by atoms with van der Waals surface area (Å²) in [6, 6.07) is 4.56. The number of hydrogen-bond acceptors (Lipinski definition) is 6. The van der Waals surface area contributed by atoms with Gasteiger partial charge in [-0.2, -0.15) is 0 Å². The van der Waals surface area contributed by atoms with Crippen LogP contribution in [-0.2, 0) is 14.3 Å². The number of urea groups is 1. The van der Waals surface area contributed by atoms with Gasteiger partial charge in [-0.3, -0.25) is 15.0 Å². The smallest absolute Gasteiger partial charge is 0.338 e. The third-order valence-corrected chi connectivity index (χ3v) is 4.05. The molecule has 1 aromatic rings. The van der Waals surface area contributed by atoms with Crippen molar-refractivity contribution < 1.29 is 24.0 Å². The van der Waals surface area contributed by atoms with Gasteiger partial charge in [-0.25, -0.2) is 9.59 Å². The van der Waals surface area contributed by atoms with E-state index in [9.17, 15) is 19.7 Å². The highest BCUT2D eigenvalue weighted by Crippen LogP contribution is 2.32. The first-order chi connectivity index (χ1) is 12.4. The average Bonchev–Trinajstić information content (AvgIpc) is 2.61. The third kappa shape index (κ3) is 3.99. The maximum atomic E-state index is 12.5. The molecule has 1 unspecified atom stereocenters. The average molecular weight is 363 g/mol. The van der Waals surface area contributed by atoms with Crippen LogP contribution in [0.4, 0.5) is 10.5 Å². The lowest BCUT2D eigenvalue weighted by atomic mass is 9.94. The second-order valence-electron chi connectivity index (χ2n) is 5.60. The summed E-state index contributed by atoms with van der Waals surface area (Å²) in [4.78, 5) is 36.7. The first-order valence-corrected chi connectivity index (χ1v) is 8.09. The number of carbonyl (C=O) groups excluding carboxylic acids is 2. The van der Waals surface area contributed by atoms with Crippen LogP contribution in [0.2, 0.25) is 0 Å². The van der Waals surface area contributed by atoms with Gasteiger partial charge in [-0.15, -0.1) is 0 Å². The summed E-state index contributed by atoms with van der Waals surface area (Å²) >= 11 is 0. The van der Waals surface area contributed by atoms with Crippen LogP contribution < -0.4 is 5.32 Å². The van der Waals surface area contributed by atoms with Gasteiger partial charge in [0.1, 0.15) is 0 Å². The number of nitro groups is 1. The lowest BCUT2D eigenvalue weighted by molar-refractivity contribution is -0.384. The van der Waals surface area contributed by atoms with Crippen LogP contribution >= 0.6 is 0 Å². The van der Waals surface area contributed by atoms with Crippen molar-refractivity contribution in [3.05, 3.63) is 51.2 Å². The SMILES string of the molecule is CCOC(=O)C1=C(C)N(CCOC)C(=O)NC1c1ccc([N+](=O)[O-])cc1. The van der Waals surface area contributed by atoms with Gasteiger partial charge in [0, 0.05) is 24.9 Å². The molecule has 1 aromatic carbocycles. The van der Waals surface area contributed by atoms with Gasteiger partial charge in [0.2, 0.25) is 0 Å². The molecule has 1 aliphatic heterocycles. The van der Waals surface area contributed by atoms with Crippen LogP contribution in [-0.4, -0.2) is 48.7 Å². The maximum absolute atomic E-state index is 12.5. The Morgan fingerprint density at radius 1 is 1.35 bits per heavy atom. The van der Waals surface area contributed by atoms with Crippen molar-refractivity contribution in [2.24, 2.45) is 0 Å². The molecule has 0 aliphatic carbocycles. The number of nitrogens with zero attached hydrogens (tertiary/aromatic N) is 2. The Morgan fingerprint density at radius 2 is 2.00 bits per heavy atom. The number of nitrogens with one attached hydrogen (secondary N) is 1. The van der Waals surface area contributed by atoms with Crippen LogP contribution in [0.25, 0.3) is 0 Å². The highest BCUT2D eigenvalue weighted by molar-refractivity contribution is 5.95. The largest absolute Gasteiger partial charge is 0.463 e. The molecule has 0 saturated carbocycles. The van der Waals surface area contributed by atoms with E-state index in [4.69, 9.17) is 9.47 Å². The molecule has 2 amide bonds. The Kier molecular flexibility index (Phi) is 6.29. The zero-order chi connectivity index (χ0) is 19.3. The third-order valence-electron chi connectivity index (χ3n) is 4.05. The van der Waals surface area contributed by atoms with E-state index in [0.717, 1.165) is 0 Å². The standard InChI is InChI=1S/C17H21N3O6/c1-4-26-16(21)14-11(2)19(9-10-25-3)17(22)18-15(14)12-5-7-13(8-6-12)20(23)24/h5-8,15H,4,9-10H2,1-3H3,(H,18,22). The zero-order valence-electron chi connectivity index (χ0n) is 14.9. The van der Waals surface area contributed by atoms with Crippen molar-refractivity contribution in [3.63, 3.8) is 0 Å². The fraction of sp³-hybridized carbons (Fsp3) is 0.412. The molecule has 0 bridgehead atoms. The van der Waals surface area contributed by atoms with Gasteiger partial charge in [0.05, 0.1) is 36.3 Å². The molecule has 0 fully saturated rings. The molecule has 0 spiro atoms. The number of rotatable bonds is 7. The molecule has 9 nitrogen and oxygen atoms in total. The van der Waals surface area contributed by atoms with Gasteiger partial charge in [0.15, 0.2) is 0 Å². The summed E-state index contributed by atoms with van der Waals surface area (Å²) in [5, 5.41) is 13.6. The summed E-state index contributed by atoms with van der Waals surface area (Å²) in [6.45, 7) is 4.14. The Bertz CT molecular complexity index is 729. The number of non-ortho nitro benzene ring substituents is 1. The number of esters is 1. The van der Waals surface area contributed by atoms with Gasteiger partial charge in [-0.05, 0) is 31.5 Å². The predicted molar refractivity (Wildman–Crippen MR) is 92.3 cm³/mol. The van der Waals surface area contributed by atoms with Crippen molar-refractivity contribution in [3.8, 4) is 0 Å². The van der Waals surface area contributed by atoms with Crippen LogP contribution in [0, 0.1) is 10.1 Å². The lowest BCUT2D eigenvalue weighted by Crippen LogP contribution is -2.49. The second kappa shape index (κ2) is 8.43. The Labute approximate surface area is 150 Å². The van der Waals surface area contributed by atoms with E-state index in [1.54, 1.807) is 13.8 Å². The van der Waals surface area contributed by atoms with E-state index < -0.39 is 16.9 Å². The minimum atomic E-state index is -0.749. The molecule has 1 heterocycles. The highest BCUT2D eigenvalue weighted by Gasteiger charge is 2.36. The lowest BCUT2D eigenvalue weighted by Gasteiger charge is -2.35. The van der Waals surface area contributed by atoms with E-state index in [-0.39, 0.29) is 30.4 Å². The number of hydrogen-bond donors (Lipinski definition) is 1. The molecular formula is C17H21N3O6. The van der Waals surface area contributed by atoms with Crippen LogP contribution in [0.5, 0.6) is 0 Å². The van der Waals surface area contributed by atoms with Crippen molar-refractivity contribution >= 4 is 17.7 Å². The normalized spacial score (nSPS) is 17.1. The van der Waals surface area contributed by atoms with Gasteiger partial charge >= 0.3 is 12.0 Å². The van der Waals surface area contributed by atoms with Crippen molar-refractivity contribution in [2.45, 2.75) is 19.9 Å². The molecule has 0 aromatic heterocycles. The minimum Gasteiger partial charge on any atom is -0.463 e. The molecule has 140 valence electrons. The summed E-state index contributed by atoms with van der Waals surface area (Å²) < 4.78 is 10.1. The van der Waals surface area contributed by atoms with E-state index in [1.165, 1.54) is 36.3 Å². The number of allylic oxidation sites excluding steroid dienone is 1. The quantitative estimate of drug-likeness (QED) is 0.451. The highest BCUT2D eigenvalue weighted by atomic mass is 16.6. The van der Waals surface area contributed by atoms with Crippen molar-refractivity contribution in [1.29, 1.82) is 0 Å². The predicted octanol–water partition coefficient (Wildman–Crippen LogP) is 2.14. The molecule has 1 atom stereocenters. The van der Waals surface area contributed by atoms with Crippen LogP contribution in [0.15, 0.2) is 35.5 Å². The monoisotopic (exact) mass is 363 g/mol. The number of amides is 2. The number of carbonyl (C=O) groups is 2. The minimum absolute atomic E-state index is 0.0732. The van der Waals surface area contributed by atoms with Crippen LogP contribution in [0.3, 0.4) is 0 Å². The molecule has 1 N–H and O–H groups in total. The van der Waals surface area contributed by atoms with Crippen molar-refractivity contribution in [2.75, 3.05) is 26.9 Å². The van der Waals surface area contributed by atoms with Gasteiger partial charge < -0.3 is 14.8 Å². The number of ether oxygens (including phenoxy) is 2. The molecule has 0 radical (unpaired) electrons. The zero-order valence-corrected chi connectivity index (χ0v) is 14.9. The Morgan fingerprint density at radius 3 is 2.54 bits per heavy atom. The summed E-state index contributed by atoms with van der Waals surface area (Å²) in [5.41, 5.74) is 1.23. The first-order valence-electron chi connectivity index (χ1n) is 8.09. The van der Waals surface area contributed by atoms with E-state index in [2.05, 4.69) is 5.32 Å². The molecule has 9 heteroatoms. The molecule has 2 rings (SSSR count). The summed E-state index contributed by atoms with van der Waals surface area (Å²) in [6.07, 6.45) is 0. The van der Waals surface area contributed by atoms with E-state index >= 15 is 0 Å². The topological polar surface area (TPSA) is 111 Å². The number of methoxy groups -OCH3 is 1. The molecule has 0 saturated heterocycles. The van der Waals surface area contributed by atoms with Gasteiger partial charge in [-0.1, -0.05) is 0 Å². The maximum Gasteiger partial charge on any atom is 0.338 e. The number of nitro benzene ring substituents is 1. The van der Waals surface area contributed by atoms with E-state index in [0.29, 0.717) is 17.9 Å². The van der Waals surface area contributed by atoms with E-state index in [1.807, 2.05) is 0 Å². The Hall–Kier alpha value is -2.94. The fourth-order valence-corrected chi connectivity index (χ4v) is 2.74. The second-order valence-corrected chi connectivity index (χ2v) is 5.60. The summed E-state index contributed by atoms with van der Waals surface area (Å²) in [5.74, 6) is -0.546. The van der Waals surface area contributed by atoms with Gasteiger partial charge in [0.25, 0.3) is 5.69 Å².